The molecule has 6 nitrogen and oxygen atoms in total. The zero-order valence-corrected chi connectivity index (χ0v) is 16.3. The Kier molecular flexibility index (Phi) is 6.24. The number of ether oxygens (including phenoxy) is 1. The largest absolute Gasteiger partial charge is 0.383 e. The first kappa shape index (κ1) is 19.2. The van der Waals surface area contributed by atoms with Crippen LogP contribution in [0.4, 0.5) is 0 Å². The Bertz CT molecular complexity index is 836. The SMILES string of the molecule is CCC[C@H]1CN(S(=O)(=O)c2cccc3cnccc23)CCN1CCOC. The van der Waals surface area contributed by atoms with Crippen LogP contribution in [0.5, 0.6) is 0 Å². The fourth-order valence-corrected chi connectivity index (χ4v) is 5.33. The lowest BCUT2D eigenvalue weighted by atomic mass is 10.1. The van der Waals surface area contributed by atoms with Gasteiger partial charge < -0.3 is 4.74 Å². The summed E-state index contributed by atoms with van der Waals surface area (Å²) in [5.74, 6) is 0. The third kappa shape index (κ3) is 3.91. The van der Waals surface area contributed by atoms with Gasteiger partial charge in [0.1, 0.15) is 0 Å². The van der Waals surface area contributed by atoms with Crippen LogP contribution >= 0.6 is 0 Å². The summed E-state index contributed by atoms with van der Waals surface area (Å²) in [5.41, 5.74) is 0. The predicted molar refractivity (Wildman–Crippen MR) is 103 cm³/mol. The quantitative estimate of drug-likeness (QED) is 0.741. The van der Waals surface area contributed by atoms with E-state index in [9.17, 15) is 8.42 Å². The maximum absolute atomic E-state index is 13.3. The highest BCUT2D eigenvalue weighted by atomic mass is 32.2. The van der Waals surface area contributed by atoms with Crippen LogP contribution in [0.1, 0.15) is 19.8 Å². The highest BCUT2D eigenvalue weighted by Gasteiger charge is 2.34. The number of fused-ring (bicyclic) bond motifs is 1. The molecule has 1 fully saturated rings. The molecule has 0 saturated carbocycles. The Morgan fingerprint density at radius 2 is 2.12 bits per heavy atom. The summed E-state index contributed by atoms with van der Waals surface area (Å²) >= 11 is 0. The Morgan fingerprint density at radius 1 is 1.27 bits per heavy atom. The van der Waals surface area contributed by atoms with E-state index < -0.39 is 10.0 Å². The third-order valence-electron chi connectivity index (χ3n) is 5.03. The zero-order chi connectivity index (χ0) is 18.6. The van der Waals surface area contributed by atoms with Crippen LogP contribution in [0.3, 0.4) is 0 Å². The second-order valence-corrected chi connectivity index (χ2v) is 8.59. The molecule has 142 valence electrons. The number of sulfonamides is 1. The van der Waals surface area contributed by atoms with Crippen molar-refractivity contribution in [2.45, 2.75) is 30.7 Å². The van der Waals surface area contributed by atoms with E-state index in [1.54, 1.807) is 42.0 Å². The number of pyridine rings is 1. The van der Waals surface area contributed by atoms with Gasteiger partial charge in [-0.1, -0.05) is 25.5 Å². The number of rotatable bonds is 7. The van der Waals surface area contributed by atoms with E-state index in [1.165, 1.54) is 0 Å². The molecule has 0 N–H and O–H groups in total. The summed E-state index contributed by atoms with van der Waals surface area (Å²) in [7, 11) is -1.84. The van der Waals surface area contributed by atoms with E-state index in [1.807, 2.05) is 6.07 Å². The summed E-state index contributed by atoms with van der Waals surface area (Å²) < 4.78 is 33.5. The lowest BCUT2D eigenvalue weighted by molar-refractivity contribution is 0.0758. The zero-order valence-electron chi connectivity index (χ0n) is 15.5. The lowest BCUT2D eigenvalue weighted by Gasteiger charge is -2.40. The molecule has 0 bridgehead atoms. The van der Waals surface area contributed by atoms with Gasteiger partial charge in [-0.15, -0.1) is 0 Å². The first-order chi connectivity index (χ1) is 12.6. The fourth-order valence-electron chi connectivity index (χ4n) is 3.65. The molecule has 2 aromatic rings. The Balaban J connectivity index is 1.87. The maximum atomic E-state index is 13.3. The Hall–Kier alpha value is -1.54. The summed E-state index contributed by atoms with van der Waals surface area (Å²) in [6.45, 7) is 5.42. The first-order valence-electron chi connectivity index (χ1n) is 9.13. The number of hydrogen-bond acceptors (Lipinski definition) is 5. The van der Waals surface area contributed by atoms with Gasteiger partial charge in [0.2, 0.25) is 10.0 Å². The highest BCUT2D eigenvalue weighted by Crippen LogP contribution is 2.27. The molecule has 1 saturated heterocycles. The average Bonchev–Trinajstić information content (AvgIpc) is 2.66. The van der Waals surface area contributed by atoms with Crippen molar-refractivity contribution in [3.05, 3.63) is 36.7 Å². The molecule has 1 aliphatic rings. The van der Waals surface area contributed by atoms with Crippen LogP contribution in [0, 0.1) is 0 Å². The van der Waals surface area contributed by atoms with Crippen LogP contribution in [0.25, 0.3) is 10.8 Å². The number of methoxy groups -OCH3 is 1. The molecule has 1 atom stereocenters. The lowest BCUT2D eigenvalue weighted by Crippen LogP contribution is -2.55. The summed E-state index contributed by atoms with van der Waals surface area (Å²) in [6.07, 6.45) is 5.36. The van der Waals surface area contributed by atoms with Gasteiger partial charge in [-0.3, -0.25) is 9.88 Å². The summed E-state index contributed by atoms with van der Waals surface area (Å²) in [4.78, 5) is 6.82. The van der Waals surface area contributed by atoms with Gasteiger partial charge in [-0.2, -0.15) is 4.31 Å². The molecule has 0 spiro atoms. The van der Waals surface area contributed by atoms with E-state index in [0.29, 0.717) is 24.6 Å². The molecule has 3 rings (SSSR count). The number of benzene rings is 1. The number of nitrogens with zero attached hydrogens (tertiary/aromatic N) is 3. The van der Waals surface area contributed by atoms with E-state index in [-0.39, 0.29) is 6.04 Å². The van der Waals surface area contributed by atoms with Crippen molar-refractivity contribution in [2.75, 3.05) is 39.9 Å². The molecular formula is C19H27N3O3S. The minimum atomic E-state index is -3.54. The van der Waals surface area contributed by atoms with E-state index in [2.05, 4.69) is 16.8 Å². The standard InChI is InChI=1S/C19H27N3O3S/c1-3-5-17-15-22(11-10-21(17)12-13-25-2)26(23,24)19-7-4-6-16-14-20-9-8-18(16)19/h4,6-9,14,17H,3,5,10-13,15H2,1-2H3/t17-/m0/s1. The van der Waals surface area contributed by atoms with Gasteiger partial charge in [-0.25, -0.2) is 8.42 Å². The molecular weight excluding hydrogens is 350 g/mol. The second-order valence-electron chi connectivity index (χ2n) is 6.69. The van der Waals surface area contributed by atoms with Crippen molar-refractivity contribution in [2.24, 2.45) is 0 Å². The van der Waals surface area contributed by atoms with Gasteiger partial charge in [0.25, 0.3) is 0 Å². The van der Waals surface area contributed by atoms with Gasteiger partial charge in [0.15, 0.2) is 0 Å². The van der Waals surface area contributed by atoms with E-state index in [0.717, 1.165) is 36.7 Å². The predicted octanol–water partition coefficient (Wildman–Crippen LogP) is 2.36. The number of hydrogen-bond donors (Lipinski definition) is 0. The van der Waals surface area contributed by atoms with Gasteiger partial charge in [-0.05, 0) is 18.6 Å². The smallest absolute Gasteiger partial charge is 0.243 e. The minimum absolute atomic E-state index is 0.232. The molecule has 1 aromatic heterocycles. The van der Waals surface area contributed by atoms with E-state index >= 15 is 0 Å². The van der Waals surface area contributed by atoms with Crippen molar-refractivity contribution in [3.8, 4) is 0 Å². The van der Waals surface area contributed by atoms with Crippen LogP contribution < -0.4 is 0 Å². The minimum Gasteiger partial charge on any atom is -0.383 e. The first-order valence-corrected chi connectivity index (χ1v) is 10.6. The van der Waals surface area contributed by atoms with Crippen LogP contribution in [0.2, 0.25) is 0 Å². The van der Waals surface area contributed by atoms with Crippen molar-refractivity contribution in [1.82, 2.24) is 14.2 Å². The van der Waals surface area contributed by atoms with Gasteiger partial charge in [0.05, 0.1) is 11.5 Å². The molecule has 0 radical (unpaired) electrons. The molecule has 0 amide bonds. The average molecular weight is 378 g/mol. The monoisotopic (exact) mass is 377 g/mol. The third-order valence-corrected chi connectivity index (χ3v) is 6.95. The normalized spacial score (nSPS) is 19.8. The number of aromatic nitrogens is 1. The Labute approximate surface area is 155 Å². The molecule has 2 heterocycles. The van der Waals surface area contributed by atoms with Crippen molar-refractivity contribution < 1.29 is 13.2 Å². The maximum Gasteiger partial charge on any atom is 0.243 e. The van der Waals surface area contributed by atoms with Gasteiger partial charge >= 0.3 is 0 Å². The molecule has 7 heteroatoms. The van der Waals surface area contributed by atoms with E-state index in [4.69, 9.17) is 4.74 Å². The molecule has 1 aliphatic heterocycles. The summed E-state index contributed by atoms with van der Waals surface area (Å²) in [5, 5.41) is 1.58. The van der Waals surface area contributed by atoms with Crippen LogP contribution in [-0.2, 0) is 14.8 Å². The van der Waals surface area contributed by atoms with Crippen LogP contribution in [-0.4, -0.2) is 68.5 Å². The van der Waals surface area contributed by atoms with Crippen molar-refractivity contribution in [3.63, 3.8) is 0 Å². The molecule has 0 unspecified atom stereocenters. The molecule has 0 aliphatic carbocycles. The summed E-state index contributed by atoms with van der Waals surface area (Å²) in [6, 6.07) is 7.39. The topological polar surface area (TPSA) is 62.7 Å². The van der Waals surface area contributed by atoms with Crippen LogP contribution in [0.15, 0.2) is 41.6 Å². The fraction of sp³-hybridized carbons (Fsp3) is 0.526. The Morgan fingerprint density at radius 3 is 2.88 bits per heavy atom. The second kappa shape index (κ2) is 8.43. The molecule has 26 heavy (non-hydrogen) atoms. The van der Waals surface area contributed by atoms with Crippen molar-refractivity contribution >= 4 is 20.8 Å². The number of piperazine rings is 1. The highest BCUT2D eigenvalue weighted by molar-refractivity contribution is 7.89. The van der Waals surface area contributed by atoms with Gasteiger partial charge in [0, 0.05) is 62.5 Å². The molecule has 1 aromatic carbocycles. The van der Waals surface area contributed by atoms with Crippen molar-refractivity contribution in [1.29, 1.82) is 0 Å².